The first-order valence-corrected chi connectivity index (χ1v) is 7.50. The predicted molar refractivity (Wildman–Crippen MR) is 65.6 cm³/mol. The van der Waals surface area contributed by atoms with Crippen molar-refractivity contribution < 1.29 is 8.42 Å². The molecule has 0 fully saturated rings. The molecule has 0 aliphatic carbocycles. The van der Waals surface area contributed by atoms with Crippen molar-refractivity contribution in [2.75, 3.05) is 5.75 Å². The van der Waals surface area contributed by atoms with Gasteiger partial charge in [0.1, 0.15) is 16.6 Å². The summed E-state index contributed by atoms with van der Waals surface area (Å²) in [4.78, 5) is 4.67. The number of nitrogens with one attached hydrogen (secondary N) is 1. The van der Waals surface area contributed by atoms with E-state index in [0.717, 1.165) is 0 Å². The number of thiazole rings is 1. The van der Waals surface area contributed by atoms with Crippen LogP contribution in [-0.2, 0) is 15.6 Å². The molecule has 0 amide bonds. The standard InChI is InChI=1S/C9H15N3O2S2/c1-3-4-16(13,14)5-7-12-6(2)8(15-7)9(10)11/h3-5H2,1-2H3,(H3,10,11). The fourth-order valence-corrected chi connectivity index (χ4v) is 4.04. The van der Waals surface area contributed by atoms with Gasteiger partial charge >= 0.3 is 0 Å². The lowest BCUT2D eigenvalue weighted by Gasteiger charge is -1.98. The molecule has 1 heterocycles. The van der Waals surface area contributed by atoms with Crippen LogP contribution in [0.15, 0.2) is 0 Å². The third-order valence-corrected chi connectivity index (χ3v) is 5.06. The second-order valence-electron chi connectivity index (χ2n) is 3.53. The van der Waals surface area contributed by atoms with Gasteiger partial charge in [-0.05, 0) is 13.3 Å². The number of rotatable bonds is 5. The van der Waals surface area contributed by atoms with Gasteiger partial charge in [-0.3, -0.25) is 5.41 Å². The third kappa shape index (κ3) is 3.28. The molecule has 0 spiro atoms. The SMILES string of the molecule is CCCS(=O)(=O)Cc1nc(C)c(C(=N)N)s1. The van der Waals surface area contributed by atoms with Gasteiger partial charge in [-0.1, -0.05) is 6.92 Å². The molecule has 3 N–H and O–H groups in total. The van der Waals surface area contributed by atoms with E-state index >= 15 is 0 Å². The summed E-state index contributed by atoms with van der Waals surface area (Å²) < 4.78 is 23.1. The molecular weight excluding hydrogens is 246 g/mol. The van der Waals surface area contributed by atoms with Gasteiger partial charge in [-0.15, -0.1) is 11.3 Å². The second-order valence-corrected chi connectivity index (χ2v) is 6.80. The van der Waals surface area contributed by atoms with Gasteiger partial charge in [0, 0.05) is 0 Å². The highest BCUT2D eigenvalue weighted by molar-refractivity contribution is 7.90. The van der Waals surface area contributed by atoms with Gasteiger partial charge in [-0.2, -0.15) is 0 Å². The zero-order valence-electron chi connectivity index (χ0n) is 9.28. The van der Waals surface area contributed by atoms with Crippen LogP contribution in [0, 0.1) is 12.3 Å². The van der Waals surface area contributed by atoms with Crippen LogP contribution in [0.1, 0.15) is 28.9 Å². The Balaban J connectivity index is 2.91. The Morgan fingerprint density at radius 1 is 1.56 bits per heavy atom. The van der Waals surface area contributed by atoms with E-state index in [0.29, 0.717) is 22.0 Å². The fraction of sp³-hybridized carbons (Fsp3) is 0.556. The highest BCUT2D eigenvalue weighted by Gasteiger charge is 2.16. The molecule has 1 aromatic rings. The molecule has 0 saturated heterocycles. The molecule has 0 aliphatic heterocycles. The van der Waals surface area contributed by atoms with E-state index in [9.17, 15) is 8.42 Å². The van der Waals surface area contributed by atoms with E-state index in [2.05, 4.69) is 4.98 Å². The van der Waals surface area contributed by atoms with Crippen molar-refractivity contribution in [3.63, 3.8) is 0 Å². The van der Waals surface area contributed by atoms with Crippen molar-refractivity contribution >= 4 is 27.0 Å². The lowest BCUT2D eigenvalue weighted by Crippen LogP contribution is -2.10. The van der Waals surface area contributed by atoms with Gasteiger partial charge < -0.3 is 5.73 Å². The maximum atomic E-state index is 11.6. The summed E-state index contributed by atoms with van der Waals surface area (Å²) in [6, 6.07) is 0. The molecule has 5 nitrogen and oxygen atoms in total. The highest BCUT2D eigenvalue weighted by Crippen LogP contribution is 2.19. The van der Waals surface area contributed by atoms with Crippen LogP contribution in [0.2, 0.25) is 0 Å². The van der Waals surface area contributed by atoms with Gasteiger partial charge in [0.15, 0.2) is 9.84 Å². The Hall–Kier alpha value is -0.950. The van der Waals surface area contributed by atoms with E-state index < -0.39 is 9.84 Å². The first-order chi connectivity index (χ1) is 7.35. The fourth-order valence-electron chi connectivity index (χ4n) is 1.34. The van der Waals surface area contributed by atoms with Crippen LogP contribution in [0.5, 0.6) is 0 Å². The minimum absolute atomic E-state index is 0.0559. The number of aryl methyl sites for hydroxylation is 1. The molecule has 0 radical (unpaired) electrons. The zero-order chi connectivity index (χ0) is 12.3. The van der Waals surface area contributed by atoms with E-state index in [1.54, 1.807) is 6.92 Å². The monoisotopic (exact) mass is 261 g/mol. The molecular formula is C9H15N3O2S2. The lowest BCUT2D eigenvalue weighted by atomic mass is 10.4. The number of aromatic nitrogens is 1. The number of hydrogen-bond acceptors (Lipinski definition) is 5. The van der Waals surface area contributed by atoms with Crippen LogP contribution in [-0.4, -0.2) is 25.0 Å². The van der Waals surface area contributed by atoms with Gasteiger partial charge in [0.2, 0.25) is 0 Å². The Kier molecular flexibility index (Phi) is 4.03. The Bertz CT molecular complexity index is 491. The average molecular weight is 261 g/mol. The zero-order valence-corrected chi connectivity index (χ0v) is 10.9. The van der Waals surface area contributed by atoms with Crippen molar-refractivity contribution in [2.45, 2.75) is 26.0 Å². The molecule has 0 saturated carbocycles. The highest BCUT2D eigenvalue weighted by atomic mass is 32.2. The maximum Gasteiger partial charge on any atom is 0.156 e. The largest absolute Gasteiger partial charge is 0.383 e. The molecule has 0 aromatic carbocycles. The first kappa shape index (κ1) is 13.1. The van der Waals surface area contributed by atoms with Crippen LogP contribution in [0.3, 0.4) is 0 Å². The molecule has 7 heteroatoms. The molecule has 0 unspecified atom stereocenters. The Morgan fingerprint density at radius 2 is 2.19 bits per heavy atom. The molecule has 1 rings (SSSR count). The summed E-state index contributed by atoms with van der Waals surface area (Å²) in [5, 5.41) is 7.81. The first-order valence-electron chi connectivity index (χ1n) is 4.87. The van der Waals surface area contributed by atoms with Crippen LogP contribution < -0.4 is 5.73 Å². The summed E-state index contributed by atoms with van der Waals surface area (Å²) in [7, 11) is -3.08. The number of sulfone groups is 1. The average Bonchev–Trinajstić information content (AvgIpc) is 2.45. The van der Waals surface area contributed by atoms with Crippen molar-refractivity contribution in [1.29, 1.82) is 5.41 Å². The predicted octanol–water partition coefficient (Wildman–Crippen LogP) is 1.06. The molecule has 1 aromatic heterocycles. The Labute approximate surface area is 99.1 Å². The van der Waals surface area contributed by atoms with Crippen molar-refractivity contribution in [3.8, 4) is 0 Å². The lowest BCUT2D eigenvalue weighted by molar-refractivity contribution is 0.594. The molecule has 90 valence electrons. The van der Waals surface area contributed by atoms with E-state index in [1.807, 2.05) is 6.92 Å². The summed E-state index contributed by atoms with van der Waals surface area (Å²) in [6.45, 7) is 3.55. The normalized spacial score (nSPS) is 11.6. The number of nitrogens with two attached hydrogens (primary N) is 1. The number of hydrogen-bond donors (Lipinski definition) is 2. The van der Waals surface area contributed by atoms with Crippen molar-refractivity contribution in [3.05, 3.63) is 15.6 Å². The topological polar surface area (TPSA) is 96.9 Å². The molecule has 0 bridgehead atoms. The van der Waals surface area contributed by atoms with Gasteiger partial charge in [-0.25, -0.2) is 13.4 Å². The minimum Gasteiger partial charge on any atom is -0.383 e. The van der Waals surface area contributed by atoms with Crippen molar-refractivity contribution in [1.82, 2.24) is 4.98 Å². The number of nitrogen functional groups attached to an aromatic ring is 1. The number of amidine groups is 1. The maximum absolute atomic E-state index is 11.6. The smallest absolute Gasteiger partial charge is 0.156 e. The van der Waals surface area contributed by atoms with Gasteiger partial charge in [0.05, 0.1) is 16.3 Å². The minimum atomic E-state index is -3.08. The van der Waals surface area contributed by atoms with Gasteiger partial charge in [0.25, 0.3) is 0 Å². The molecule has 0 aliphatic rings. The van der Waals surface area contributed by atoms with E-state index in [1.165, 1.54) is 11.3 Å². The van der Waals surface area contributed by atoms with E-state index in [-0.39, 0.29) is 17.3 Å². The second kappa shape index (κ2) is 4.92. The third-order valence-electron chi connectivity index (χ3n) is 1.94. The summed E-state index contributed by atoms with van der Waals surface area (Å²) >= 11 is 1.18. The summed E-state index contributed by atoms with van der Waals surface area (Å²) in [5.74, 6) is 0.0508. The Morgan fingerprint density at radius 3 is 2.62 bits per heavy atom. The van der Waals surface area contributed by atoms with Crippen molar-refractivity contribution in [2.24, 2.45) is 5.73 Å². The summed E-state index contributed by atoms with van der Waals surface area (Å²) in [5.41, 5.74) is 5.98. The molecule has 0 atom stereocenters. The van der Waals surface area contributed by atoms with Crippen LogP contribution in [0.25, 0.3) is 0 Å². The van der Waals surface area contributed by atoms with E-state index in [4.69, 9.17) is 11.1 Å². The summed E-state index contributed by atoms with van der Waals surface area (Å²) in [6.07, 6.45) is 0.603. The number of nitrogens with zero attached hydrogens (tertiary/aromatic N) is 1. The quantitative estimate of drug-likeness (QED) is 0.611. The molecule has 16 heavy (non-hydrogen) atoms. The van der Waals surface area contributed by atoms with Crippen LogP contribution >= 0.6 is 11.3 Å². The van der Waals surface area contributed by atoms with Crippen LogP contribution in [0.4, 0.5) is 0 Å².